The van der Waals surface area contributed by atoms with Gasteiger partial charge >= 0.3 is 0 Å². The Morgan fingerprint density at radius 1 is 0.929 bits per heavy atom. The lowest BCUT2D eigenvalue weighted by molar-refractivity contribution is -0.683. The fourth-order valence-corrected chi connectivity index (χ4v) is 2.64. The molecule has 0 aliphatic heterocycles. The van der Waals surface area contributed by atoms with Crippen LogP contribution >= 0.6 is 15.9 Å². The number of hydrogen-bond acceptors (Lipinski definition) is 3. The Morgan fingerprint density at radius 3 is 2.21 bits per heavy atom. The fourth-order valence-electron chi connectivity index (χ4n) is 2.37. The van der Waals surface area contributed by atoms with Crippen molar-refractivity contribution in [3.63, 3.8) is 0 Å². The summed E-state index contributed by atoms with van der Waals surface area (Å²) in [6, 6.07) is 20.0. The first-order chi connectivity index (χ1) is 13.1. The Bertz CT molecular complexity index is 957. The minimum Gasteiger partial charge on any atom is -1.00 e. The van der Waals surface area contributed by atoms with Crippen LogP contribution in [0.5, 0.6) is 0 Å². The lowest BCUT2D eigenvalue weighted by atomic mass is 10.1. The molecule has 3 rings (SSSR count). The van der Waals surface area contributed by atoms with Crippen LogP contribution in [0.15, 0.2) is 88.7 Å². The van der Waals surface area contributed by atoms with E-state index in [0.29, 0.717) is 11.1 Å². The molecular formula is C21H17Br2N3O2. The highest BCUT2D eigenvalue weighted by molar-refractivity contribution is 9.10. The van der Waals surface area contributed by atoms with Crippen LogP contribution in [0.2, 0.25) is 0 Å². The average molecular weight is 503 g/mol. The molecule has 0 atom stereocenters. The number of benzene rings is 2. The lowest BCUT2D eigenvalue weighted by Crippen LogP contribution is -3.00. The second kappa shape index (κ2) is 10.6. The van der Waals surface area contributed by atoms with Gasteiger partial charge in [0, 0.05) is 22.2 Å². The normalized spacial score (nSPS) is 10.3. The summed E-state index contributed by atoms with van der Waals surface area (Å²) >= 11 is 3.36. The monoisotopic (exact) mass is 501 g/mol. The van der Waals surface area contributed by atoms with Crippen molar-refractivity contribution in [3.05, 3.63) is 100 Å². The summed E-state index contributed by atoms with van der Waals surface area (Å²) in [7, 11) is 0. The molecule has 0 radical (unpaired) electrons. The smallest absolute Gasteiger partial charge is 0.271 e. The Balaban J connectivity index is 0.00000280. The number of pyridine rings is 1. The molecule has 28 heavy (non-hydrogen) atoms. The van der Waals surface area contributed by atoms with Gasteiger partial charge in [-0.25, -0.2) is 5.43 Å². The van der Waals surface area contributed by atoms with Crippen LogP contribution in [0.3, 0.4) is 0 Å². The average Bonchev–Trinajstić information content (AvgIpc) is 2.70. The number of hydrogen-bond donors (Lipinski definition) is 1. The Hall–Kier alpha value is -2.64. The number of aromatic nitrogens is 1. The van der Waals surface area contributed by atoms with Crippen molar-refractivity contribution in [2.24, 2.45) is 5.10 Å². The van der Waals surface area contributed by atoms with E-state index in [2.05, 4.69) is 26.5 Å². The minimum absolute atomic E-state index is 0. The maximum absolute atomic E-state index is 12.2. The second-order valence-corrected chi connectivity index (χ2v) is 6.71. The van der Waals surface area contributed by atoms with Gasteiger partial charge < -0.3 is 17.0 Å². The van der Waals surface area contributed by atoms with Crippen LogP contribution in [0.4, 0.5) is 0 Å². The number of Topliss-reactive ketones (excluding diaryl/α,β-unsaturated/α-hetero) is 1. The number of ketones is 1. The van der Waals surface area contributed by atoms with Gasteiger partial charge in [0.05, 0.1) is 11.8 Å². The minimum atomic E-state index is -0.315. The summed E-state index contributed by atoms with van der Waals surface area (Å²) in [6.07, 6.45) is 4.98. The molecule has 0 fully saturated rings. The summed E-state index contributed by atoms with van der Waals surface area (Å²) < 4.78 is 2.71. The van der Waals surface area contributed by atoms with E-state index in [1.807, 2.05) is 42.5 Å². The molecule has 0 aliphatic carbocycles. The van der Waals surface area contributed by atoms with Gasteiger partial charge in [0.2, 0.25) is 12.3 Å². The third-order valence-corrected chi connectivity index (χ3v) is 4.35. The number of nitrogens with zero attached hydrogens (tertiary/aromatic N) is 2. The van der Waals surface area contributed by atoms with E-state index in [1.165, 1.54) is 0 Å². The predicted molar refractivity (Wildman–Crippen MR) is 107 cm³/mol. The Labute approximate surface area is 182 Å². The van der Waals surface area contributed by atoms with E-state index in [-0.39, 0.29) is 35.2 Å². The topological polar surface area (TPSA) is 62.4 Å². The zero-order valence-electron chi connectivity index (χ0n) is 14.8. The van der Waals surface area contributed by atoms with Gasteiger partial charge in [0.1, 0.15) is 0 Å². The molecule has 5 nitrogen and oxygen atoms in total. The van der Waals surface area contributed by atoms with Gasteiger partial charge in [-0.3, -0.25) is 9.59 Å². The van der Waals surface area contributed by atoms with E-state index in [1.54, 1.807) is 47.4 Å². The van der Waals surface area contributed by atoms with Crippen LogP contribution in [0.1, 0.15) is 26.3 Å². The molecule has 0 unspecified atom stereocenters. The lowest BCUT2D eigenvalue weighted by Gasteiger charge is -2.01. The molecule has 3 aromatic rings. The molecule has 0 saturated heterocycles. The van der Waals surface area contributed by atoms with Gasteiger partial charge in [-0.05, 0) is 17.7 Å². The number of hydrazone groups is 1. The highest BCUT2D eigenvalue weighted by Crippen LogP contribution is 2.09. The van der Waals surface area contributed by atoms with Crippen LogP contribution in [0.25, 0.3) is 0 Å². The van der Waals surface area contributed by atoms with Crippen molar-refractivity contribution in [3.8, 4) is 0 Å². The molecule has 142 valence electrons. The zero-order valence-corrected chi connectivity index (χ0v) is 17.9. The summed E-state index contributed by atoms with van der Waals surface area (Å²) in [6.45, 7) is 0.216. The number of carbonyl (C=O) groups excluding carboxylic acids is 2. The van der Waals surface area contributed by atoms with Crippen LogP contribution in [0, 0.1) is 0 Å². The highest BCUT2D eigenvalue weighted by atomic mass is 79.9. The molecule has 7 heteroatoms. The summed E-state index contributed by atoms with van der Waals surface area (Å²) in [5.41, 5.74) is 4.49. The molecule has 0 spiro atoms. The first-order valence-electron chi connectivity index (χ1n) is 8.28. The molecule has 2 aromatic carbocycles. The van der Waals surface area contributed by atoms with Gasteiger partial charge in [0.15, 0.2) is 12.4 Å². The predicted octanol–water partition coefficient (Wildman–Crippen LogP) is 0.387. The Kier molecular flexibility index (Phi) is 8.22. The van der Waals surface area contributed by atoms with Gasteiger partial charge in [-0.15, -0.1) is 0 Å². The summed E-state index contributed by atoms with van der Waals surface area (Å²) in [5, 5.41) is 3.96. The number of carbonyl (C=O) groups is 2. The zero-order chi connectivity index (χ0) is 19.1. The van der Waals surface area contributed by atoms with E-state index in [0.717, 1.165) is 10.0 Å². The third kappa shape index (κ3) is 6.21. The first-order valence-corrected chi connectivity index (χ1v) is 9.07. The third-order valence-electron chi connectivity index (χ3n) is 3.82. The molecule has 1 heterocycles. The van der Waals surface area contributed by atoms with Crippen molar-refractivity contribution in [2.45, 2.75) is 6.54 Å². The molecule has 0 bridgehead atoms. The maximum atomic E-state index is 12.2. The summed E-state index contributed by atoms with van der Waals surface area (Å²) in [5.74, 6) is -0.304. The maximum Gasteiger partial charge on any atom is 0.271 e. The molecule has 1 amide bonds. The van der Waals surface area contributed by atoms with E-state index < -0.39 is 0 Å². The standard InChI is InChI=1S/C21H16BrN3O2.BrH/c22-19-8-6-16(7-9-19)14-23-24-21(27)18-10-12-25(13-11-18)15-20(26)17-4-2-1-3-5-17;/h1-14H,15H2;1H. The van der Waals surface area contributed by atoms with E-state index in [9.17, 15) is 9.59 Å². The van der Waals surface area contributed by atoms with Crippen molar-refractivity contribution in [2.75, 3.05) is 0 Å². The highest BCUT2D eigenvalue weighted by Gasteiger charge is 2.13. The SMILES string of the molecule is O=C(C[n+]1ccc(C(=O)N/N=C/c2ccc(Br)cc2)cc1)c1ccccc1.[Br-]. The number of amides is 1. The van der Waals surface area contributed by atoms with Crippen molar-refractivity contribution >= 4 is 33.8 Å². The molecule has 0 saturated carbocycles. The van der Waals surface area contributed by atoms with E-state index in [4.69, 9.17) is 0 Å². The summed E-state index contributed by atoms with van der Waals surface area (Å²) in [4.78, 5) is 24.3. The van der Waals surface area contributed by atoms with Crippen molar-refractivity contribution < 1.29 is 31.1 Å². The first kappa shape index (κ1) is 21.7. The van der Waals surface area contributed by atoms with Crippen molar-refractivity contribution in [1.29, 1.82) is 0 Å². The quantitative estimate of drug-likeness (QED) is 0.229. The van der Waals surface area contributed by atoms with Crippen LogP contribution in [-0.2, 0) is 6.54 Å². The molecular weight excluding hydrogens is 486 g/mol. The number of nitrogens with one attached hydrogen (secondary N) is 1. The molecule has 1 aromatic heterocycles. The van der Waals surface area contributed by atoms with Gasteiger partial charge in [0.25, 0.3) is 5.91 Å². The Morgan fingerprint density at radius 2 is 1.57 bits per heavy atom. The fraction of sp³-hybridized carbons (Fsp3) is 0.0476. The van der Waals surface area contributed by atoms with Crippen molar-refractivity contribution in [1.82, 2.24) is 5.43 Å². The molecule has 0 aliphatic rings. The molecule has 1 N–H and O–H groups in total. The van der Waals surface area contributed by atoms with Gasteiger partial charge in [-0.2, -0.15) is 9.67 Å². The number of halogens is 2. The second-order valence-electron chi connectivity index (χ2n) is 5.80. The van der Waals surface area contributed by atoms with E-state index >= 15 is 0 Å². The van der Waals surface area contributed by atoms with Crippen LogP contribution in [-0.4, -0.2) is 17.9 Å². The van der Waals surface area contributed by atoms with Gasteiger partial charge in [-0.1, -0.05) is 58.4 Å². The number of rotatable bonds is 6. The largest absolute Gasteiger partial charge is 1.00 e. The van der Waals surface area contributed by atoms with Crippen LogP contribution < -0.4 is 27.0 Å².